The fourth-order valence-corrected chi connectivity index (χ4v) is 2.61. The summed E-state index contributed by atoms with van der Waals surface area (Å²) in [6, 6.07) is 7.86. The van der Waals surface area contributed by atoms with E-state index in [-0.39, 0.29) is 11.9 Å². The van der Waals surface area contributed by atoms with Gasteiger partial charge in [0, 0.05) is 22.5 Å². The number of halogens is 1. The smallest absolute Gasteiger partial charge is 0.248 e. The summed E-state index contributed by atoms with van der Waals surface area (Å²) in [6.07, 6.45) is 0. The molecule has 1 atom stereocenters. The second-order valence-corrected chi connectivity index (χ2v) is 6.62. The predicted octanol–water partition coefficient (Wildman–Crippen LogP) is 2.07. The van der Waals surface area contributed by atoms with Crippen molar-refractivity contribution >= 4 is 50.9 Å². The topological polar surface area (TPSA) is 62.4 Å². The Balaban J connectivity index is 2.21. The summed E-state index contributed by atoms with van der Waals surface area (Å²) >= 11 is 9.87. The molecule has 0 aliphatic carbocycles. The molecular formula is C13H18BrN3O2S2. The van der Waals surface area contributed by atoms with Gasteiger partial charge in [-0.2, -0.15) is 0 Å². The highest BCUT2D eigenvalue weighted by molar-refractivity contribution is 9.10. The Bertz CT molecular complexity index is 471. The number of benzene rings is 1. The van der Waals surface area contributed by atoms with Crippen molar-refractivity contribution in [2.75, 3.05) is 19.5 Å². The van der Waals surface area contributed by atoms with Crippen molar-refractivity contribution in [1.82, 2.24) is 16.2 Å². The maximum Gasteiger partial charge on any atom is 0.248 e. The predicted molar refractivity (Wildman–Crippen MR) is 93.2 cm³/mol. The number of thioether (sulfide) groups is 1. The Morgan fingerprint density at radius 1 is 1.38 bits per heavy atom. The third-order valence-corrected chi connectivity index (χ3v) is 4.05. The number of rotatable bonds is 6. The first-order valence-electron chi connectivity index (χ1n) is 6.24. The van der Waals surface area contributed by atoms with E-state index in [1.54, 1.807) is 7.11 Å². The molecule has 1 amide bonds. The van der Waals surface area contributed by atoms with Crippen LogP contribution in [0.4, 0.5) is 0 Å². The quantitative estimate of drug-likeness (QED) is 0.392. The molecule has 1 aromatic carbocycles. The van der Waals surface area contributed by atoms with Gasteiger partial charge >= 0.3 is 0 Å². The van der Waals surface area contributed by atoms with Crippen molar-refractivity contribution < 1.29 is 9.53 Å². The van der Waals surface area contributed by atoms with Crippen molar-refractivity contribution in [2.45, 2.75) is 17.9 Å². The lowest BCUT2D eigenvalue weighted by Crippen LogP contribution is -2.50. The lowest BCUT2D eigenvalue weighted by atomic mass is 10.4. The molecular weight excluding hydrogens is 374 g/mol. The molecule has 116 valence electrons. The van der Waals surface area contributed by atoms with E-state index in [0.717, 1.165) is 9.37 Å². The average Bonchev–Trinajstić information content (AvgIpc) is 2.44. The number of amides is 1. The summed E-state index contributed by atoms with van der Waals surface area (Å²) in [6.45, 7) is 2.47. The first-order valence-corrected chi connectivity index (χ1v) is 8.42. The molecule has 0 saturated carbocycles. The largest absolute Gasteiger partial charge is 0.383 e. The minimum atomic E-state index is -0.147. The number of hydrazine groups is 1. The zero-order valence-corrected chi connectivity index (χ0v) is 15.0. The Morgan fingerprint density at radius 2 is 2.05 bits per heavy atom. The highest BCUT2D eigenvalue weighted by atomic mass is 79.9. The highest BCUT2D eigenvalue weighted by Crippen LogP contribution is 2.20. The lowest BCUT2D eigenvalue weighted by molar-refractivity contribution is -0.119. The van der Waals surface area contributed by atoms with Crippen molar-refractivity contribution in [2.24, 2.45) is 0 Å². The van der Waals surface area contributed by atoms with Gasteiger partial charge in [0.2, 0.25) is 5.91 Å². The van der Waals surface area contributed by atoms with Gasteiger partial charge in [-0.25, -0.2) is 0 Å². The standard InChI is InChI=1S/C13H18BrN3O2S2/c1-9(7-19-2)15-13(20)17-16-12(18)8-21-11-5-3-10(14)4-6-11/h3-6,9H,7-8H2,1-2H3,(H,16,18)(H2,15,17,20)/t9-/m0/s1. The van der Waals surface area contributed by atoms with Crippen molar-refractivity contribution in [3.8, 4) is 0 Å². The van der Waals surface area contributed by atoms with Gasteiger partial charge in [0.1, 0.15) is 0 Å². The molecule has 0 aliphatic rings. The molecule has 0 saturated heterocycles. The highest BCUT2D eigenvalue weighted by Gasteiger charge is 2.06. The van der Waals surface area contributed by atoms with Gasteiger partial charge in [-0.15, -0.1) is 11.8 Å². The molecule has 0 spiro atoms. The number of hydrogen-bond donors (Lipinski definition) is 3. The van der Waals surface area contributed by atoms with E-state index in [1.165, 1.54) is 11.8 Å². The van der Waals surface area contributed by atoms with Gasteiger partial charge < -0.3 is 10.1 Å². The summed E-state index contributed by atoms with van der Waals surface area (Å²) in [4.78, 5) is 12.7. The molecule has 0 unspecified atom stereocenters. The maximum absolute atomic E-state index is 11.7. The summed E-state index contributed by atoms with van der Waals surface area (Å²) in [5.41, 5.74) is 5.21. The van der Waals surface area contributed by atoms with Crippen LogP contribution < -0.4 is 16.2 Å². The number of carbonyl (C=O) groups is 1. The average molecular weight is 392 g/mol. The van der Waals surface area contributed by atoms with Gasteiger partial charge in [0.25, 0.3) is 0 Å². The normalized spacial score (nSPS) is 11.6. The van der Waals surface area contributed by atoms with Gasteiger partial charge in [0.15, 0.2) is 5.11 Å². The van der Waals surface area contributed by atoms with Crippen LogP contribution in [-0.2, 0) is 9.53 Å². The maximum atomic E-state index is 11.7. The van der Waals surface area contributed by atoms with Crippen LogP contribution >= 0.6 is 39.9 Å². The molecule has 21 heavy (non-hydrogen) atoms. The van der Waals surface area contributed by atoms with Gasteiger partial charge in [-0.3, -0.25) is 15.6 Å². The van der Waals surface area contributed by atoms with Crippen LogP contribution in [0.5, 0.6) is 0 Å². The zero-order chi connectivity index (χ0) is 15.7. The Kier molecular flexibility index (Phi) is 8.67. The zero-order valence-electron chi connectivity index (χ0n) is 11.8. The molecule has 0 aromatic heterocycles. The van der Waals surface area contributed by atoms with Gasteiger partial charge in [-0.1, -0.05) is 15.9 Å². The van der Waals surface area contributed by atoms with Gasteiger partial charge in [-0.05, 0) is 43.4 Å². The SMILES string of the molecule is COC[C@H](C)NC(=S)NNC(=O)CSc1ccc(Br)cc1. The monoisotopic (exact) mass is 391 g/mol. The van der Waals surface area contributed by atoms with Crippen LogP contribution in [0.2, 0.25) is 0 Å². The second-order valence-electron chi connectivity index (χ2n) is 4.25. The number of hydrogen-bond acceptors (Lipinski definition) is 4. The number of ether oxygens (including phenoxy) is 1. The van der Waals surface area contributed by atoms with E-state index < -0.39 is 0 Å². The molecule has 0 heterocycles. The molecule has 0 aliphatic heterocycles. The molecule has 1 rings (SSSR count). The first-order chi connectivity index (χ1) is 10.0. The first kappa shape index (κ1) is 18.2. The van der Waals surface area contributed by atoms with E-state index in [9.17, 15) is 4.79 Å². The van der Waals surface area contributed by atoms with Crippen LogP contribution in [0.3, 0.4) is 0 Å². The molecule has 0 bridgehead atoms. The fourth-order valence-electron chi connectivity index (χ4n) is 1.39. The van der Waals surface area contributed by atoms with E-state index in [1.807, 2.05) is 31.2 Å². The summed E-state index contributed by atoms with van der Waals surface area (Å²) in [5, 5.41) is 3.35. The fraction of sp³-hybridized carbons (Fsp3) is 0.385. The number of methoxy groups -OCH3 is 1. The summed E-state index contributed by atoms with van der Waals surface area (Å²) in [7, 11) is 1.62. The Labute approximate surface area is 142 Å². The van der Waals surface area contributed by atoms with Crippen LogP contribution in [0.15, 0.2) is 33.6 Å². The Hall–Kier alpha value is -0.830. The Morgan fingerprint density at radius 3 is 2.67 bits per heavy atom. The third kappa shape index (κ3) is 8.25. The number of carbonyl (C=O) groups excluding carboxylic acids is 1. The molecule has 0 fully saturated rings. The van der Waals surface area contributed by atoms with E-state index in [4.69, 9.17) is 17.0 Å². The van der Waals surface area contributed by atoms with Gasteiger partial charge in [0.05, 0.1) is 12.4 Å². The third-order valence-electron chi connectivity index (χ3n) is 2.29. The second kappa shape index (κ2) is 9.99. The van der Waals surface area contributed by atoms with E-state index >= 15 is 0 Å². The summed E-state index contributed by atoms with van der Waals surface area (Å²) in [5.74, 6) is 0.164. The van der Waals surface area contributed by atoms with E-state index in [2.05, 4.69) is 32.1 Å². The number of thiocarbonyl (C=S) groups is 1. The molecule has 1 aromatic rings. The molecule has 3 N–H and O–H groups in total. The minimum Gasteiger partial charge on any atom is -0.383 e. The molecule has 5 nitrogen and oxygen atoms in total. The van der Waals surface area contributed by atoms with Crippen molar-refractivity contribution in [3.63, 3.8) is 0 Å². The molecule has 8 heteroatoms. The summed E-state index contributed by atoms with van der Waals surface area (Å²) < 4.78 is 6.00. The van der Waals surface area contributed by atoms with E-state index in [0.29, 0.717) is 17.5 Å². The lowest BCUT2D eigenvalue weighted by Gasteiger charge is -2.16. The van der Waals surface area contributed by atoms with Crippen LogP contribution in [0, 0.1) is 0 Å². The molecule has 0 radical (unpaired) electrons. The van der Waals surface area contributed by atoms with Crippen molar-refractivity contribution in [3.05, 3.63) is 28.7 Å². The minimum absolute atomic E-state index is 0.0732. The van der Waals surface area contributed by atoms with Crippen LogP contribution in [0.1, 0.15) is 6.92 Å². The number of nitrogens with one attached hydrogen (secondary N) is 3. The van der Waals surface area contributed by atoms with Crippen molar-refractivity contribution in [1.29, 1.82) is 0 Å². The van der Waals surface area contributed by atoms with Crippen LogP contribution in [-0.4, -0.2) is 36.5 Å². The van der Waals surface area contributed by atoms with Crippen LogP contribution in [0.25, 0.3) is 0 Å².